The average Bonchev–Trinajstić information content (AvgIpc) is 2.66. The van der Waals surface area contributed by atoms with Crippen molar-refractivity contribution < 1.29 is 9.53 Å². The fraction of sp³-hybridized carbons (Fsp3) is 0.958. The molecule has 2 nitrogen and oxygen atoms in total. The molecule has 0 amide bonds. The van der Waals surface area contributed by atoms with E-state index >= 15 is 0 Å². The average molecular weight is 448 g/mol. The molecule has 0 aliphatic heterocycles. The number of halogens is 1. The van der Waals surface area contributed by atoms with Gasteiger partial charge >= 0.3 is 5.97 Å². The van der Waals surface area contributed by atoms with Crippen LogP contribution in [0.4, 0.5) is 0 Å². The maximum absolute atomic E-state index is 12.2. The van der Waals surface area contributed by atoms with Crippen LogP contribution in [0, 0.1) is 0 Å². The van der Waals surface area contributed by atoms with Crippen LogP contribution >= 0.6 is 15.9 Å². The molecule has 0 heterocycles. The van der Waals surface area contributed by atoms with Gasteiger partial charge in [0.15, 0.2) is 0 Å². The number of carbonyl (C=O) groups is 1. The standard InChI is InChI=1S/C24H47BrO2/c1-3-5-7-9-12-16-20-23(19-15-11-8-6-4-2)27-24(26)21-17-13-10-14-18-22-25/h23H,3-22H2,1-2H3. The minimum absolute atomic E-state index is 0.0417. The number of esters is 1. The Bertz CT molecular complexity index is 307. The van der Waals surface area contributed by atoms with E-state index in [4.69, 9.17) is 4.74 Å². The lowest BCUT2D eigenvalue weighted by molar-refractivity contribution is -0.150. The van der Waals surface area contributed by atoms with Crippen LogP contribution in [0.5, 0.6) is 0 Å². The highest BCUT2D eigenvalue weighted by Crippen LogP contribution is 2.18. The largest absolute Gasteiger partial charge is 0.462 e. The van der Waals surface area contributed by atoms with Gasteiger partial charge in [-0.05, 0) is 38.5 Å². The highest BCUT2D eigenvalue weighted by atomic mass is 79.9. The van der Waals surface area contributed by atoms with E-state index < -0.39 is 0 Å². The number of alkyl halides is 1. The summed E-state index contributed by atoms with van der Waals surface area (Å²) in [6.07, 6.45) is 23.0. The summed E-state index contributed by atoms with van der Waals surface area (Å²) in [6.45, 7) is 4.51. The molecule has 0 saturated heterocycles. The normalized spacial score (nSPS) is 12.3. The SMILES string of the molecule is CCCCCCCCC(CCCCCCC)OC(=O)CCCCCCCBr. The summed E-state index contributed by atoms with van der Waals surface area (Å²) >= 11 is 3.47. The minimum atomic E-state index is 0.0417. The van der Waals surface area contributed by atoms with Crippen LogP contribution in [0.2, 0.25) is 0 Å². The molecule has 0 bridgehead atoms. The van der Waals surface area contributed by atoms with Gasteiger partial charge in [-0.25, -0.2) is 0 Å². The molecule has 0 fully saturated rings. The first-order valence-electron chi connectivity index (χ1n) is 12.0. The van der Waals surface area contributed by atoms with Crippen molar-refractivity contribution in [3.63, 3.8) is 0 Å². The third-order valence-electron chi connectivity index (χ3n) is 5.32. The number of hydrogen-bond acceptors (Lipinski definition) is 2. The van der Waals surface area contributed by atoms with Crippen molar-refractivity contribution in [3.8, 4) is 0 Å². The molecule has 0 radical (unpaired) electrons. The van der Waals surface area contributed by atoms with Gasteiger partial charge in [-0.3, -0.25) is 4.79 Å². The number of carbonyl (C=O) groups excluding carboxylic acids is 1. The Morgan fingerprint density at radius 1 is 0.667 bits per heavy atom. The van der Waals surface area contributed by atoms with Crippen molar-refractivity contribution in [3.05, 3.63) is 0 Å². The van der Waals surface area contributed by atoms with Crippen LogP contribution in [0.3, 0.4) is 0 Å². The first-order valence-corrected chi connectivity index (χ1v) is 13.1. The predicted octanol–water partition coefficient (Wildman–Crippen LogP) is 8.74. The first kappa shape index (κ1) is 27.0. The zero-order valence-electron chi connectivity index (χ0n) is 18.4. The summed E-state index contributed by atoms with van der Waals surface area (Å²) in [4.78, 5) is 12.2. The Labute approximate surface area is 178 Å². The summed E-state index contributed by atoms with van der Waals surface area (Å²) in [5.74, 6) is 0.0417. The van der Waals surface area contributed by atoms with E-state index in [9.17, 15) is 4.79 Å². The van der Waals surface area contributed by atoms with Gasteiger partial charge in [-0.1, -0.05) is 107 Å². The number of unbranched alkanes of at least 4 members (excludes halogenated alkanes) is 13. The summed E-state index contributed by atoms with van der Waals surface area (Å²) in [5.41, 5.74) is 0. The van der Waals surface area contributed by atoms with Crippen LogP contribution in [-0.2, 0) is 9.53 Å². The summed E-state index contributed by atoms with van der Waals surface area (Å²) < 4.78 is 5.87. The monoisotopic (exact) mass is 446 g/mol. The molecule has 0 spiro atoms. The molecular weight excluding hydrogens is 400 g/mol. The third kappa shape index (κ3) is 20.5. The van der Waals surface area contributed by atoms with Gasteiger partial charge < -0.3 is 4.74 Å². The van der Waals surface area contributed by atoms with Crippen LogP contribution in [0.15, 0.2) is 0 Å². The Balaban J connectivity index is 3.97. The number of rotatable bonds is 21. The van der Waals surface area contributed by atoms with Gasteiger partial charge in [-0.2, -0.15) is 0 Å². The molecule has 0 aliphatic carbocycles. The van der Waals surface area contributed by atoms with E-state index in [0.717, 1.165) is 31.0 Å². The van der Waals surface area contributed by atoms with E-state index in [0.29, 0.717) is 6.42 Å². The summed E-state index contributed by atoms with van der Waals surface area (Å²) in [6, 6.07) is 0. The first-order chi connectivity index (χ1) is 13.2. The predicted molar refractivity (Wildman–Crippen MR) is 123 cm³/mol. The van der Waals surface area contributed by atoms with Crippen molar-refractivity contribution in [2.24, 2.45) is 0 Å². The molecule has 0 aliphatic rings. The van der Waals surface area contributed by atoms with Crippen molar-refractivity contribution in [2.45, 2.75) is 142 Å². The summed E-state index contributed by atoms with van der Waals surface area (Å²) in [5, 5.41) is 1.09. The fourth-order valence-corrected chi connectivity index (χ4v) is 3.93. The molecule has 0 aromatic heterocycles. The van der Waals surface area contributed by atoms with E-state index in [1.54, 1.807) is 0 Å². The van der Waals surface area contributed by atoms with Crippen molar-refractivity contribution >= 4 is 21.9 Å². The van der Waals surface area contributed by atoms with Gasteiger partial charge in [0.05, 0.1) is 0 Å². The minimum Gasteiger partial charge on any atom is -0.462 e. The van der Waals surface area contributed by atoms with Crippen LogP contribution in [0.25, 0.3) is 0 Å². The Morgan fingerprint density at radius 2 is 1.11 bits per heavy atom. The third-order valence-corrected chi connectivity index (χ3v) is 5.88. The molecule has 0 N–H and O–H groups in total. The van der Waals surface area contributed by atoms with E-state index in [1.807, 2.05) is 0 Å². The molecular formula is C24H47BrO2. The molecule has 162 valence electrons. The lowest BCUT2D eigenvalue weighted by Crippen LogP contribution is -2.18. The second kappa shape index (κ2) is 22.2. The fourth-order valence-electron chi connectivity index (χ4n) is 3.53. The Morgan fingerprint density at radius 3 is 1.63 bits per heavy atom. The van der Waals surface area contributed by atoms with Crippen molar-refractivity contribution in [1.82, 2.24) is 0 Å². The molecule has 0 aromatic rings. The van der Waals surface area contributed by atoms with E-state index in [-0.39, 0.29) is 12.1 Å². The Kier molecular flexibility index (Phi) is 22.2. The van der Waals surface area contributed by atoms with Gasteiger partial charge in [0.25, 0.3) is 0 Å². The lowest BCUT2D eigenvalue weighted by Gasteiger charge is -2.18. The highest BCUT2D eigenvalue weighted by molar-refractivity contribution is 9.09. The zero-order chi connectivity index (χ0) is 20.0. The van der Waals surface area contributed by atoms with E-state index in [2.05, 4.69) is 29.8 Å². The lowest BCUT2D eigenvalue weighted by atomic mass is 10.0. The second-order valence-corrected chi connectivity index (χ2v) is 8.87. The van der Waals surface area contributed by atoms with Gasteiger partial charge in [0.2, 0.25) is 0 Å². The quantitative estimate of drug-likeness (QED) is 0.0999. The van der Waals surface area contributed by atoms with Crippen molar-refractivity contribution in [1.29, 1.82) is 0 Å². The molecule has 1 atom stereocenters. The highest BCUT2D eigenvalue weighted by Gasteiger charge is 2.14. The molecule has 0 aromatic carbocycles. The maximum atomic E-state index is 12.2. The van der Waals surface area contributed by atoms with Crippen LogP contribution < -0.4 is 0 Å². The Hall–Kier alpha value is -0.0500. The van der Waals surface area contributed by atoms with Gasteiger partial charge in [-0.15, -0.1) is 0 Å². The maximum Gasteiger partial charge on any atom is 0.306 e. The molecule has 1 unspecified atom stereocenters. The van der Waals surface area contributed by atoms with Crippen molar-refractivity contribution in [2.75, 3.05) is 5.33 Å². The molecule has 3 heteroatoms. The molecule has 0 rings (SSSR count). The van der Waals surface area contributed by atoms with Gasteiger partial charge in [0, 0.05) is 11.8 Å². The van der Waals surface area contributed by atoms with Crippen LogP contribution in [0.1, 0.15) is 136 Å². The second-order valence-electron chi connectivity index (χ2n) is 8.08. The van der Waals surface area contributed by atoms with E-state index in [1.165, 1.54) is 89.9 Å². The number of hydrogen-bond donors (Lipinski definition) is 0. The van der Waals surface area contributed by atoms with Gasteiger partial charge in [0.1, 0.15) is 6.10 Å². The molecule has 0 saturated carbocycles. The van der Waals surface area contributed by atoms with Crippen LogP contribution in [-0.4, -0.2) is 17.4 Å². The topological polar surface area (TPSA) is 26.3 Å². The smallest absolute Gasteiger partial charge is 0.306 e. The number of ether oxygens (including phenoxy) is 1. The summed E-state index contributed by atoms with van der Waals surface area (Å²) in [7, 11) is 0. The molecule has 27 heavy (non-hydrogen) atoms. The zero-order valence-corrected chi connectivity index (χ0v) is 20.0.